The maximum atomic E-state index is 13.4. The fourth-order valence-electron chi connectivity index (χ4n) is 3.85. The number of ketones is 1. The van der Waals surface area contributed by atoms with Crippen LogP contribution in [0.4, 0.5) is 14.5 Å². The molecule has 0 aliphatic rings. The van der Waals surface area contributed by atoms with Gasteiger partial charge in [0.05, 0.1) is 6.04 Å². The molecule has 0 aliphatic carbocycles. The number of Topliss-reactive ketones (excluding diaryl/α,β-unsaturated/α-hetero) is 1. The minimum Gasteiger partial charge on any atom is -0.489 e. The standard InChI is InChI=1S/C30H27F2NO2/c31-25-13-9-24(10-14-25)30(34)8-4-7-29(33-27-17-15-26(32)16-18-27)23-11-19-28(20-12-23)35-21-22-5-2-1-3-6-22/h1-3,5-6,9-20,29,33H,4,7-8,21H2/t29-/m0/s1. The molecule has 0 aliphatic heterocycles. The molecular formula is C30H27F2NO2. The lowest BCUT2D eigenvalue weighted by Crippen LogP contribution is -2.12. The Kier molecular flexibility index (Phi) is 8.23. The van der Waals surface area contributed by atoms with Crippen LogP contribution in [0.1, 0.15) is 46.8 Å². The van der Waals surface area contributed by atoms with Crippen LogP contribution in [0.2, 0.25) is 0 Å². The molecule has 0 unspecified atom stereocenters. The van der Waals surface area contributed by atoms with Gasteiger partial charge in [0.2, 0.25) is 0 Å². The summed E-state index contributed by atoms with van der Waals surface area (Å²) >= 11 is 0. The van der Waals surface area contributed by atoms with E-state index in [1.807, 2.05) is 54.6 Å². The Hall–Kier alpha value is -3.99. The zero-order chi connectivity index (χ0) is 24.5. The SMILES string of the molecule is O=C(CCC[C@H](Nc1ccc(F)cc1)c1ccc(OCc2ccccc2)cc1)c1ccc(F)cc1. The molecule has 0 bridgehead atoms. The number of benzene rings is 4. The lowest BCUT2D eigenvalue weighted by atomic mass is 9.98. The van der Waals surface area contributed by atoms with Crippen molar-refractivity contribution in [3.63, 3.8) is 0 Å². The van der Waals surface area contributed by atoms with Gasteiger partial charge in [-0.05, 0) is 84.6 Å². The quantitative estimate of drug-likeness (QED) is 0.227. The highest BCUT2D eigenvalue weighted by molar-refractivity contribution is 5.95. The maximum Gasteiger partial charge on any atom is 0.162 e. The summed E-state index contributed by atoms with van der Waals surface area (Å²) in [6.07, 6.45) is 1.68. The first-order valence-electron chi connectivity index (χ1n) is 11.6. The predicted molar refractivity (Wildman–Crippen MR) is 135 cm³/mol. The van der Waals surface area contributed by atoms with Crippen LogP contribution in [-0.4, -0.2) is 5.78 Å². The number of anilines is 1. The van der Waals surface area contributed by atoms with Crippen molar-refractivity contribution in [2.24, 2.45) is 0 Å². The highest BCUT2D eigenvalue weighted by Crippen LogP contribution is 2.27. The van der Waals surface area contributed by atoms with Crippen molar-refractivity contribution >= 4 is 11.5 Å². The Labute approximate surface area is 204 Å². The van der Waals surface area contributed by atoms with Gasteiger partial charge in [0.25, 0.3) is 0 Å². The molecule has 4 aromatic carbocycles. The molecule has 0 radical (unpaired) electrons. The zero-order valence-corrected chi connectivity index (χ0v) is 19.3. The number of carbonyl (C=O) groups excluding carboxylic acids is 1. The second-order valence-electron chi connectivity index (χ2n) is 8.37. The predicted octanol–water partition coefficient (Wildman–Crippen LogP) is 7.75. The van der Waals surface area contributed by atoms with Crippen molar-refractivity contribution in [1.29, 1.82) is 0 Å². The van der Waals surface area contributed by atoms with Crippen LogP contribution in [0, 0.1) is 11.6 Å². The van der Waals surface area contributed by atoms with Crippen molar-refractivity contribution in [2.45, 2.75) is 31.9 Å². The van der Waals surface area contributed by atoms with E-state index in [4.69, 9.17) is 4.74 Å². The van der Waals surface area contributed by atoms with Crippen LogP contribution in [0.15, 0.2) is 103 Å². The minimum atomic E-state index is -0.360. The first-order chi connectivity index (χ1) is 17.1. The molecule has 0 saturated heterocycles. The number of hydrogen-bond acceptors (Lipinski definition) is 3. The van der Waals surface area contributed by atoms with E-state index in [0.29, 0.717) is 31.4 Å². The first-order valence-corrected chi connectivity index (χ1v) is 11.6. The van der Waals surface area contributed by atoms with Gasteiger partial charge in [0.15, 0.2) is 5.78 Å². The molecule has 3 nitrogen and oxygen atoms in total. The van der Waals surface area contributed by atoms with Crippen molar-refractivity contribution in [3.8, 4) is 5.75 Å². The van der Waals surface area contributed by atoms with Gasteiger partial charge in [-0.3, -0.25) is 4.79 Å². The molecule has 178 valence electrons. The van der Waals surface area contributed by atoms with E-state index in [1.165, 1.54) is 36.4 Å². The third-order valence-corrected chi connectivity index (χ3v) is 5.78. The molecular weight excluding hydrogens is 444 g/mol. The molecule has 1 N–H and O–H groups in total. The van der Waals surface area contributed by atoms with Crippen LogP contribution >= 0.6 is 0 Å². The Balaban J connectivity index is 1.41. The van der Waals surface area contributed by atoms with Crippen LogP contribution in [0.3, 0.4) is 0 Å². The summed E-state index contributed by atoms with van der Waals surface area (Å²) in [6, 6.07) is 29.6. The van der Waals surface area contributed by atoms with E-state index in [-0.39, 0.29) is 23.5 Å². The van der Waals surface area contributed by atoms with E-state index in [9.17, 15) is 13.6 Å². The van der Waals surface area contributed by atoms with Crippen LogP contribution < -0.4 is 10.1 Å². The van der Waals surface area contributed by atoms with Crippen molar-refractivity contribution < 1.29 is 18.3 Å². The van der Waals surface area contributed by atoms with E-state index < -0.39 is 0 Å². The number of rotatable bonds is 11. The van der Waals surface area contributed by atoms with Crippen LogP contribution in [0.5, 0.6) is 5.75 Å². The average Bonchev–Trinajstić information content (AvgIpc) is 2.89. The van der Waals surface area contributed by atoms with E-state index in [0.717, 1.165) is 22.6 Å². The molecule has 0 fully saturated rings. The summed E-state index contributed by atoms with van der Waals surface area (Å²) in [4.78, 5) is 12.5. The molecule has 1 atom stereocenters. The van der Waals surface area contributed by atoms with Gasteiger partial charge in [-0.15, -0.1) is 0 Å². The van der Waals surface area contributed by atoms with Crippen molar-refractivity contribution in [2.75, 3.05) is 5.32 Å². The minimum absolute atomic E-state index is 0.0183. The second kappa shape index (κ2) is 11.9. The summed E-state index contributed by atoms with van der Waals surface area (Å²) in [5, 5.41) is 3.45. The normalized spacial score (nSPS) is 11.6. The van der Waals surface area contributed by atoms with Gasteiger partial charge in [0.1, 0.15) is 24.0 Å². The Morgan fingerprint density at radius 1 is 0.771 bits per heavy atom. The van der Waals surface area contributed by atoms with Gasteiger partial charge in [0, 0.05) is 17.7 Å². The Morgan fingerprint density at radius 3 is 2.06 bits per heavy atom. The first kappa shape index (κ1) is 24.1. The number of hydrogen-bond donors (Lipinski definition) is 1. The number of nitrogens with one attached hydrogen (secondary N) is 1. The summed E-state index contributed by atoms with van der Waals surface area (Å²) < 4.78 is 32.4. The third-order valence-electron chi connectivity index (χ3n) is 5.78. The monoisotopic (exact) mass is 471 g/mol. The number of carbonyl (C=O) groups is 1. The highest BCUT2D eigenvalue weighted by Gasteiger charge is 2.14. The Bertz CT molecular complexity index is 1210. The zero-order valence-electron chi connectivity index (χ0n) is 19.3. The molecule has 0 spiro atoms. The van der Waals surface area contributed by atoms with E-state index in [1.54, 1.807) is 12.1 Å². The second-order valence-corrected chi connectivity index (χ2v) is 8.37. The molecule has 35 heavy (non-hydrogen) atoms. The summed E-state index contributed by atoms with van der Waals surface area (Å²) in [5.74, 6) is 0.0954. The van der Waals surface area contributed by atoms with Crippen LogP contribution in [-0.2, 0) is 6.61 Å². The number of halogens is 2. The molecule has 5 heteroatoms. The fourth-order valence-corrected chi connectivity index (χ4v) is 3.85. The lowest BCUT2D eigenvalue weighted by molar-refractivity contribution is 0.0979. The molecule has 0 amide bonds. The van der Waals surface area contributed by atoms with Gasteiger partial charge in [-0.1, -0.05) is 42.5 Å². The Morgan fingerprint density at radius 2 is 1.40 bits per heavy atom. The largest absolute Gasteiger partial charge is 0.489 e. The summed E-state index contributed by atoms with van der Waals surface area (Å²) in [5.41, 5.74) is 3.44. The van der Waals surface area contributed by atoms with E-state index in [2.05, 4.69) is 5.32 Å². The number of ether oxygens (including phenoxy) is 1. The topological polar surface area (TPSA) is 38.3 Å². The molecule has 4 aromatic rings. The lowest BCUT2D eigenvalue weighted by Gasteiger charge is -2.21. The highest BCUT2D eigenvalue weighted by atomic mass is 19.1. The molecule has 0 saturated carbocycles. The van der Waals surface area contributed by atoms with E-state index >= 15 is 0 Å². The van der Waals surface area contributed by atoms with Gasteiger partial charge < -0.3 is 10.1 Å². The average molecular weight is 472 g/mol. The van der Waals surface area contributed by atoms with Crippen molar-refractivity contribution in [3.05, 3.63) is 131 Å². The van der Waals surface area contributed by atoms with Crippen LogP contribution in [0.25, 0.3) is 0 Å². The summed E-state index contributed by atoms with van der Waals surface area (Å²) in [7, 11) is 0. The smallest absolute Gasteiger partial charge is 0.162 e. The molecule has 0 heterocycles. The maximum absolute atomic E-state index is 13.4. The van der Waals surface area contributed by atoms with Crippen molar-refractivity contribution in [1.82, 2.24) is 0 Å². The molecule has 4 rings (SSSR count). The summed E-state index contributed by atoms with van der Waals surface area (Å²) in [6.45, 7) is 0.489. The van der Waals surface area contributed by atoms with Gasteiger partial charge >= 0.3 is 0 Å². The fraction of sp³-hybridized carbons (Fsp3) is 0.167. The van der Waals surface area contributed by atoms with Gasteiger partial charge in [-0.25, -0.2) is 8.78 Å². The third kappa shape index (κ3) is 7.24. The molecule has 0 aromatic heterocycles. The van der Waals surface area contributed by atoms with Gasteiger partial charge in [-0.2, -0.15) is 0 Å².